The van der Waals surface area contributed by atoms with Crippen LogP contribution < -0.4 is 16.4 Å². The lowest BCUT2D eigenvalue weighted by molar-refractivity contribution is -0.119. The third-order valence-electron chi connectivity index (χ3n) is 2.43. The minimum atomic E-state index is -0.331. The van der Waals surface area contributed by atoms with E-state index in [9.17, 15) is 9.59 Å². The van der Waals surface area contributed by atoms with Gasteiger partial charge in [-0.05, 0) is 18.9 Å². The SMILES string of the molecule is CC(C(=O)NCCCC(N)=O)=C1CNC1. The van der Waals surface area contributed by atoms with E-state index in [0.717, 1.165) is 24.2 Å². The standard InChI is InChI=1S/C10H17N3O2/c1-7(8-5-12-6-8)10(15)13-4-2-3-9(11)14/h12H,2-6H2,1H3,(H2,11,14)(H,13,15). The Labute approximate surface area is 89.1 Å². The summed E-state index contributed by atoms with van der Waals surface area (Å²) in [7, 11) is 0. The van der Waals surface area contributed by atoms with Crippen LogP contribution in [0.5, 0.6) is 0 Å². The summed E-state index contributed by atoms with van der Waals surface area (Å²) in [5.41, 5.74) is 6.92. The molecule has 1 aliphatic rings. The summed E-state index contributed by atoms with van der Waals surface area (Å²) in [5.74, 6) is -0.376. The van der Waals surface area contributed by atoms with Gasteiger partial charge in [0.15, 0.2) is 0 Å². The van der Waals surface area contributed by atoms with E-state index in [1.165, 1.54) is 0 Å². The van der Waals surface area contributed by atoms with Gasteiger partial charge in [0.25, 0.3) is 0 Å². The Morgan fingerprint density at radius 1 is 1.47 bits per heavy atom. The Kier molecular flexibility index (Phi) is 4.30. The molecule has 1 heterocycles. The zero-order valence-corrected chi connectivity index (χ0v) is 8.93. The molecule has 1 rings (SSSR count). The Morgan fingerprint density at radius 3 is 2.60 bits per heavy atom. The van der Waals surface area contributed by atoms with Crippen LogP contribution in [0.1, 0.15) is 19.8 Å². The van der Waals surface area contributed by atoms with Crippen LogP contribution in [0.15, 0.2) is 11.1 Å². The number of nitrogens with two attached hydrogens (primary N) is 1. The molecule has 0 unspecified atom stereocenters. The van der Waals surface area contributed by atoms with Crippen LogP contribution in [0.2, 0.25) is 0 Å². The van der Waals surface area contributed by atoms with Gasteiger partial charge in [-0.2, -0.15) is 0 Å². The van der Waals surface area contributed by atoms with Gasteiger partial charge in [0.2, 0.25) is 11.8 Å². The van der Waals surface area contributed by atoms with E-state index in [1.54, 1.807) is 0 Å². The lowest BCUT2D eigenvalue weighted by Crippen LogP contribution is -2.37. The Bertz CT molecular complexity index is 291. The number of primary amides is 1. The first kappa shape index (κ1) is 11.7. The van der Waals surface area contributed by atoms with E-state index in [4.69, 9.17) is 5.73 Å². The normalized spacial score (nSPS) is 14.3. The first-order valence-corrected chi connectivity index (χ1v) is 5.07. The summed E-state index contributed by atoms with van der Waals surface area (Å²) in [6.07, 6.45) is 0.916. The monoisotopic (exact) mass is 211 g/mol. The van der Waals surface area contributed by atoms with Gasteiger partial charge in [-0.3, -0.25) is 9.59 Å². The van der Waals surface area contributed by atoms with E-state index >= 15 is 0 Å². The van der Waals surface area contributed by atoms with Crippen molar-refractivity contribution in [2.75, 3.05) is 19.6 Å². The number of hydrogen-bond acceptors (Lipinski definition) is 3. The van der Waals surface area contributed by atoms with E-state index in [2.05, 4.69) is 10.6 Å². The van der Waals surface area contributed by atoms with E-state index < -0.39 is 0 Å². The zero-order chi connectivity index (χ0) is 11.3. The Morgan fingerprint density at radius 2 is 2.13 bits per heavy atom. The number of carbonyl (C=O) groups excluding carboxylic acids is 2. The van der Waals surface area contributed by atoms with Crippen molar-refractivity contribution in [2.45, 2.75) is 19.8 Å². The summed E-state index contributed by atoms with van der Waals surface area (Å²) in [6.45, 7) is 3.93. The van der Waals surface area contributed by atoms with Crippen molar-refractivity contribution >= 4 is 11.8 Å². The van der Waals surface area contributed by atoms with Crippen LogP contribution in [0.4, 0.5) is 0 Å². The minimum absolute atomic E-state index is 0.0454. The first-order chi connectivity index (χ1) is 7.11. The highest BCUT2D eigenvalue weighted by molar-refractivity contribution is 5.93. The van der Waals surface area contributed by atoms with Crippen LogP contribution in [0.25, 0.3) is 0 Å². The lowest BCUT2D eigenvalue weighted by atomic mass is 10.0. The zero-order valence-electron chi connectivity index (χ0n) is 8.93. The average Bonchev–Trinajstić information content (AvgIpc) is 2.08. The molecule has 0 aromatic rings. The fourth-order valence-corrected chi connectivity index (χ4v) is 1.27. The molecule has 0 radical (unpaired) electrons. The molecule has 1 fully saturated rings. The maximum atomic E-state index is 11.5. The van der Waals surface area contributed by atoms with Gasteiger partial charge in [0.1, 0.15) is 0 Å². The third-order valence-corrected chi connectivity index (χ3v) is 2.43. The summed E-state index contributed by atoms with van der Waals surface area (Å²) in [5, 5.41) is 5.83. The van der Waals surface area contributed by atoms with E-state index in [1.807, 2.05) is 6.92 Å². The van der Waals surface area contributed by atoms with Crippen molar-refractivity contribution in [3.05, 3.63) is 11.1 Å². The van der Waals surface area contributed by atoms with Crippen molar-refractivity contribution in [3.8, 4) is 0 Å². The third kappa shape index (κ3) is 3.71. The molecule has 0 bridgehead atoms. The summed E-state index contributed by atoms with van der Waals surface area (Å²) < 4.78 is 0. The smallest absolute Gasteiger partial charge is 0.246 e. The van der Waals surface area contributed by atoms with Gasteiger partial charge in [-0.1, -0.05) is 0 Å². The average molecular weight is 211 g/mol. The van der Waals surface area contributed by atoms with Crippen LogP contribution in [0, 0.1) is 0 Å². The minimum Gasteiger partial charge on any atom is -0.370 e. The quantitative estimate of drug-likeness (QED) is 0.415. The maximum Gasteiger partial charge on any atom is 0.246 e. The molecule has 0 aromatic carbocycles. The Balaban J connectivity index is 2.21. The predicted molar refractivity (Wildman–Crippen MR) is 57.0 cm³/mol. The van der Waals surface area contributed by atoms with Crippen molar-refractivity contribution < 1.29 is 9.59 Å². The van der Waals surface area contributed by atoms with Gasteiger partial charge in [-0.15, -0.1) is 0 Å². The second-order valence-corrected chi connectivity index (χ2v) is 3.66. The molecule has 1 aliphatic heterocycles. The molecule has 5 heteroatoms. The van der Waals surface area contributed by atoms with Gasteiger partial charge >= 0.3 is 0 Å². The van der Waals surface area contributed by atoms with E-state index in [-0.39, 0.29) is 11.8 Å². The molecule has 0 aliphatic carbocycles. The summed E-state index contributed by atoms with van der Waals surface area (Å²) >= 11 is 0. The van der Waals surface area contributed by atoms with Crippen molar-refractivity contribution in [2.24, 2.45) is 5.73 Å². The molecular formula is C10H17N3O2. The van der Waals surface area contributed by atoms with Gasteiger partial charge < -0.3 is 16.4 Å². The maximum absolute atomic E-state index is 11.5. The van der Waals surface area contributed by atoms with Crippen LogP contribution in [-0.4, -0.2) is 31.4 Å². The molecule has 0 aromatic heterocycles. The molecule has 0 atom stereocenters. The highest BCUT2D eigenvalue weighted by Gasteiger charge is 2.15. The fraction of sp³-hybridized carbons (Fsp3) is 0.600. The van der Waals surface area contributed by atoms with Crippen LogP contribution >= 0.6 is 0 Å². The van der Waals surface area contributed by atoms with Crippen molar-refractivity contribution in [1.82, 2.24) is 10.6 Å². The van der Waals surface area contributed by atoms with Crippen LogP contribution in [-0.2, 0) is 9.59 Å². The van der Waals surface area contributed by atoms with Crippen molar-refractivity contribution in [1.29, 1.82) is 0 Å². The lowest BCUT2D eigenvalue weighted by Gasteiger charge is -2.21. The molecule has 1 saturated heterocycles. The number of nitrogens with one attached hydrogen (secondary N) is 2. The van der Waals surface area contributed by atoms with Crippen LogP contribution in [0.3, 0.4) is 0 Å². The second kappa shape index (κ2) is 5.50. The number of amides is 2. The molecular weight excluding hydrogens is 194 g/mol. The van der Waals surface area contributed by atoms with Crippen molar-refractivity contribution in [3.63, 3.8) is 0 Å². The van der Waals surface area contributed by atoms with E-state index in [0.29, 0.717) is 19.4 Å². The second-order valence-electron chi connectivity index (χ2n) is 3.66. The number of hydrogen-bond donors (Lipinski definition) is 3. The summed E-state index contributed by atoms with van der Waals surface area (Å²) in [4.78, 5) is 21.9. The Hall–Kier alpha value is -1.36. The van der Waals surface area contributed by atoms with Gasteiger partial charge in [0, 0.05) is 31.6 Å². The molecule has 15 heavy (non-hydrogen) atoms. The topological polar surface area (TPSA) is 84.2 Å². The molecule has 4 N–H and O–H groups in total. The molecule has 2 amide bonds. The molecule has 0 saturated carbocycles. The number of carbonyl (C=O) groups is 2. The highest BCUT2D eigenvalue weighted by Crippen LogP contribution is 2.08. The number of rotatable bonds is 5. The molecule has 0 spiro atoms. The molecule has 5 nitrogen and oxygen atoms in total. The first-order valence-electron chi connectivity index (χ1n) is 5.07. The largest absolute Gasteiger partial charge is 0.370 e. The predicted octanol–water partition coefficient (Wildman–Crippen LogP) is -0.712. The highest BCUT2D eigenvalue weighted by atomic mass is 16.2. The summed E-state index contributed by atoms with van der Waals surface area (Å²) in [6, 6.07) is 0. The van der Waals surface area contributed by atoms with Gasteiger partial charge in [-0.25, -0.2) is 0 Å². The fourth-order valence-electron chi connectivity index (χ4n) is 1.27. The molecule has 84 valence electrons. The van der Waals surface area contributed by atoms with Gasteiger partial charge in [0.05, 0.1) is 0 Å².